The summed E-state index contributed by atoms with van der Waals surface area (Å²) in [5, 5.41) is 0. The van der Waals surface area contributed by atoms with E-state index in [9.17, 15) is 0 Å². The SMILES string of the molecule is CCCc1ccc(Oc2ncnc(OC(C)C)c2N)cc1. The number of hydrogen-bond acceptors (Lipinski definition) is 5. The Morgan fingerprint density at radius 1 is 1.10 bits per heavy atom. The third-order valence-corrected chi connectivity index (χ3v) is 2.83. The molecule has 1 aromatic heterocycles. The number of aromatic nitrogens is 2. The Hall–Kier alpha value is -2.30. The van der Waals surface area contributed by atoms with Gasteiger partial charge in [-0.05, 0) is 38.0 Å². The maximum absolute atomic E-state index is 5.98. The third-order valence-electron chi connectivity index (χ3n) is 2.83. The van der Waals surface area contributed by atoms with E-state index in [-0.39, 0.29) is 6.10 Å². The minimum atomic E-state index is -0.0108. The summed E-state index contributed by atoms with van der Waals surface area (Å²) in [6.07, 6.45) is 3.55. The van der Waals surface area contributed by atoms with Gasteiger partial charge in [-0.2, -0.15) is 9.97 Å². The average Bonchev–Trinajstić information content (AvgIpc) is 2.45. The lowest BCUT2D eigenvalue weighted by atomic mass is 10.1. The van der Waals surface area contributed by atoms with Gasteiger partial charge >= 0.3 is 0 Å². The second-order valence-corrected chi connectivity index (χ2v) is 5.06. The summed E-state index contributed by atoms with van der Waals surface area (Å²) in [4.78, 5) is 8.08. The van der Waals surface area contributed by atoms with Crippen LogP contribution in [-0.2, 0) is 6.42 Å². The molecule has 5 heteroatoms. The number of benzene rings is 1. The van der Waals surface area contributed by atoms with Crippen molar-refractivity contribution in [1.29, 1.82) is 0 Å². The van der Waals surface area contributed by atoms with Crippen molar-refractivity contribution in [2.24, 2.45) is 0 Å². The first-order valence-electron chi connectivity index (χ1n) is 7.14. The fourth-order valence-corrected chi connectivity index (χ4v) is 1.89. The highest BCUT2D eigenvalue weighted by Gasteiger charge is 2.12. The van der Waals surface area contributed by atoms with Crippen LogP contribution in [0.5, 0.6) is 17.5 Å². The molecule has 0 unspecified atom stereocenters. The van der Waals surface area contributed by atoms with Crippen molar-refractivity contribution in [3.63, 3.8) is 0 Å². The van der Waals surface area contributed by atoms with Crippen molar-refractivity contribution < 1.29 is 9.47 Å². The van der Waals surface area contributed by atoms with Crippen LogP contribution in [0.25, 0.3) is 0 Å². The van der Waals surface area contributed by atoms with E-state index in [0.717, 1.165) is 12.8 Å². The zero-order chi connectivity index (χ0) is 15.2. The van der Waals surface area contributed by atoms with Gasteiger partial charge in [0.15, 0.2) is 5.69 Å². The van der Waals surface area contributed by atoms with Gasteiger partial charge in [0, 0.05) is 0 Å². The maximum atomic E-state index is 5.98. The summed E-state index contributed by atoms with van der Waals surface area (Å²) >= 11 is 0. The van der Waals surface area contributed by atoms with Crippen LogP contribution in [0.4, 0.5) is 5.69 Å². The molecule has 0 saturated carbocycles. The van der Waals surface area contributed by atoms with E-state index in [1.807, 2.05) is 38.1 Å². The number of nitrogen functional groups attached to an aromatic ring is 1. The Kier molecular flexibility index (Phi) is 4.98. The third kappa shape index (κ3) is 4.08. The van der Waals surface area contributed by atoms with E-state index in [0.29, 0.717) is 23.2 Å². The molecule has 0 radical (unpaired) electrons. The minimum Gasteiger partial charge on any atom is -0.473 e. The molecule has 21 heavy (non-hydrogen) atoms. The van der Waals surface area contributed by atoms with Gasteiger partial charge in [0.1, 0.15) is 12.1 Å². The molecule has 5 nitrogen and oxygen atoms in total. The molecule has 0 aliphatic carbocycles. The number of anilines is 1. The summed E-state index contributed by atoms with van der Waals surface area (Å²) in [5.41, 5.74) is 7.57. The lowest BCUT2D eigenvalue weighted by molar-refractivity contribution is 0.233. The van der Waals surface area contributed by atoms with E-state index in [4.69, 9.17) is 15.2 Å². The number of rotatable bonds is 6. The second-order valence-electron chi connectivity index (χ2n) is 5.06. The molecular weight excluding hydrogens is 266 g/mol. The first-order chi connectivity index (χ1) is 10.1. The van der Waals surface area contributed by atoms with E-state index in [2.05, 4.69) is 16.9 Å². The second kappa shape index (κ2) is 6.92. The summed E-state index contributed by atoms with van der Waals surface area (Å²) in [6, 6.07) is 7.91. The highest BCUT2D eigenvalue weighted by Crippen LogP contribution is 2.31. The molecule has 0 atom stereocenters. The van der Waals surface area contributed by atoms with Crippen LogP contribution >= 0.6 is 0 Å². The van der Waals surface area contributed by atoms with Gasteiger partial charge in [0.05, 0.1) is 6.10 Å². The first kappa shape index (κ1) is 15.1. The number of hydrogen-bond donors (Lipinski definition) is 1. The number of ether oxygens (including phenoxy) is 2. The molecule has 0 saturated heterocycles. The summed E-state index contributed by atoms with van der Waals surface area (Å²) < 4.78 is 11.2. The van der Waals surface area contributed by atoms with Crippen molar-refractivity contribution in [3.8, 4) is 17.5 Å². The molecule has 0 bridgehead atoms. The molecule has 0 amide bonds. The van der Waals surface area contributed by atoms with Crippen LogP contribution in [0.2, 0.25) is 0 Å². The Morgan fingerprint density at radius 2 is 1.76 bits per heavy atom. The zero-order valence-electron chi connectivity index (χ0n) is 12.7. The number of aryl methyl sites for hydroxylation is 1. The molecule has 2 rings (SSSR count). The van der Waals surface area contributed by atoms with E-state index < -0.39 is 0 Å². The van der Waals surface area contributed by atoms with Crippen molar-refractivity contribution in [2.45, 2.75) is 39.7 Å². The smallest absolute Gasteiger partial charge is 0.249 e. The number of nitrogens with two attached hydrogens (primary N) is 1. The zero-order valence-corrected chi connectivity index (χ0v) is 12.7. The predicted octanol–water partition coefficient (Wildman–Crippen LogP) is 3.59. The Morgan fingerprint density at radius 3 is 2.38 bits per heavy atom. The highest BCUT2D eigenvalue weighted by atomic mass is 16.5. The summed E-state index contributed by atoms with van der Waals surface area (Å²) in [6.45, 7) is 5.98. The van der Waals surface area contributed by atoms with Crippen molar-refractivity contribution in [3.05, 3.63) is 36.2 Å². The van der Waals surface area contributed by atoms with Crippen LogP contribution in [0.3, 0.4) is 0 Å². The van der Waals surface area contributed by atoms with Crippen molar-refractivity contribution in [1.82, 2.24) is 9.97 Å². The van der Waals surface area contributed by atoms with Gasteiger partial charge in [-0.3, -0.25) is 0 Å². The molecule has 0 aliphatic heterocycles. The van der Waals surface area contributed by atoms with Crippen molar-refractivity contribution in [2.75, 3.05) is 5.73 Å². The largest absolute Gasteiger partial charge is 0.473 e. The normalized spacial score (nSPS) is 10.7. The first-order valence-corrected chi connectivity index (χ1v) is 7.14. The van der Waals surface area contributed by atoms with Crippen LogP contribution in [-0.4, -0.2) is 16.1 Å². The van der Waals surface area contributed by atoms with Gasteiger partial charge in [-0.1, -0.05) is 25.5 Å². The molecule has 0 fully saturated rings. The summed E-state index contributed by atoms with van der Waals surface area (Å²) in [7, 11) is 0. The summed E-state index contributed by atoms with van der Waals surface area (Å²) in [5.74, 6) is 1.34. The van der Waals surface area contributed by atoms with Crippen LogP contribution in [0.15, 0.2) is 30.6 Å². The average molecular weight is 287 g/mol. The fraction of sp³-hybridized carbons (Fsp3) is 0.375. The molecular formula is C16H21N3O2. The monoisotopic (exact) mass is 287 g/mol. The lowest BCUT2D eigenvalue weighted by Gasteiger charge is -2.13. The Bertz CT molecular complexity index is 583. The topological polar surface area (TPSA) is 70.3 Å². The molecule has 1 aromatic carbocycles. The quantitative estimate of drug-likeness (QED) is 0.879. The molecule has 0 spiro atoms. The van der Waals surface area contributed by atoms with Crippen molar-refractivity contribution >= 4 is 5.69 Å². The predicted molar refractivity (Wildman–Crippen MR) is 82.7 cm³/mol. The fourth-order valence-electron chi connectivity index (χ4n) is 1.89. The van der Waals surface area contributed by atoms with E-state index in [1.165, 1.54) is 11.9 Å². The molecule has 1 heterocycles. The van der Waals surface area contributed by atoms with Gasteiger partial charge in [0.25, 0.3) is 0 Å². The highest BCUT2D eigenvalue weighted by molar-refractivity contribution is 5.56. The molecule has 112 valence electrons. The van der Waals surface area contributed by atoms with Gasteiger partial charge in [0.2, 0.25) is 11.8 Å². The van der Waals surface area contributed by atoms with Crippen LogP contribution < -0.4 is 15.2 Å². The molecule has 0 aliphatic rings. The van der Waals surface area contributed by atoms with Gasteiger partial charge < -0.3 is 15.2 Å². The Balaban J connectivity index is 2.15. The van der Waals surface area contributed by atoms with Gasteiger partial charge in [-0.25, -0.2) is 0 Å². The lowest BCUT2D eigenvalue weighted by Crippen LogP contribution is -2.10. The standard InChI is InChI=1S/C16H21N3O2/c1-4-5-12-6-8-13(9-7-12)21-16-14(17)15(18-10-19-16)20-11(2)3/h6-11H,4-5,17H2,1-3H3. The van der Waals surface area contributed by atoms with Gasteiger partial charge in [-0.15, -0.1) is 0 Å². The van der Waals surface area contributed by atoms with Crippen LogP contribution in [0, 0.1) is 0 Å². The number of nitrogens with zero attached hydrogens (tertiary/aromatic N) is 2. The minimum absolute atomic E-state index is 0.0108. The van der Waals surface area contributed by atoms with E-state index >= 15 is 0 Å². The van der Waals surface area contributed by atoms with Crippen LogP contribution in [0.1, 0.15) is 32.8 Å². The van der Waals surface area contributed by atoms with E-state index in [1.54, 1.807) is 0 Å². The Labute approximate surface area is 125 Å². The molecule has 2 aromatic rings. The molecule has 2 N–H and O–H groups in total. The maximum Gasteiger partial charge on any atom is 0.249 e.